The second-order valence-corrected chi connectivity index (χ2v) is 6.35. The third kappa shape index (κ3) is 3.02. The lowest BCUT2D eigenvalue weighted by atomic mass is 10.2. The number of nitrogen functional groups attached to an aromatic ring is 1. The molecule has 0 fully saturated rings. The first-order valence-electron chi connectivity index (χ1n) is 5.63. The summed E-state index contributed by atoms with van der Waals surface area (Å²) in [5.74, 6) is -0.819. The number of anilines is 2. The average molecular weight is 315 g/mol. The fourth-order valence-corrected chi connectivity index (χ4v) is 3.06. The molecule has 4 nitrogen and oxygen atoms in total. The summed E-state index contributed by atoms with van der Waals surface area (Å²) in [6.45, 7) is 1.45. The van der Waals surface area contributed by atoms with E-state index in [9.17, 15) is 12.8 Å². The Morgan fingerprint density at radius 2 is 1.80 bits per heavy atom. The molecule has 0 saturated carbocycles. The van der Waals surface area contributed by atoms with Gasteiger partial charge in [0.1, 0.15) is 10.7 Å². The normalized spacial score (nSPS) is 11.3. The van der Waals surface area contributed by atoms with Crippen LogP contribution in [0.25, 0.3) is 0 Å². The van der Waals surface area contributed by atoms with Crippen molar-refractivity contribution >= 4 is 33.0 Å². The summed E-state index contributed by atoms with van der Waals surface area (Å²) in [6, 6.07) is 8.48. The number of sulfonamides is 1. The van der Waals surface area contributed by atoms with Crippen LogP contribution in [-0.4, -0.2) is 8.42 Å². The van der Waals surface area contributed by atoms with Crippen LogP contribution >= 0.6 is 11.6 Å². The molecule has 2 rings (SSSR count). The lowest BCUT2D eigenvalue weighted by Crippen LogP contribution is -2.15. The van der Waals surface area contributed by atoms with Crippen molar-refractivity contribution in [2.24, 2.45) is 0 Å². The molecule has 2 aromatic rings. The molecule has 106 valence electrons. The highest BCUT2D eigenvalue weighted by Gasteiger charge is 2.21. The van der Waals surface area contributed by atoms with E-state index in [1.165, 1.54) is 37.3 Å². The molecule has 0 spiro atoms. The molecule has 7 heteroatoms. The highest BCUT2D eigenvalue weighted by molar-refractivity contribution is 7.92. The van der Waals surface area contributed by atoms with Gasteiger partial charge in [0.2, 0.25) is 0 Å². The van der Waals surface area contributed by atoms with Crippen LogP contribution in [0.4, 0.5) is 15.8 Å². The van der Waals surface area contributed by atoms with Gasteiger partial charge in [-0.1, -0.05) is 11.6 Å². The minimum absolute atomic E-state index is 0.168. The Morgan fingerprint density at radius 3 is 2.40 bits per heavy atom. The molecule has 0 amide bonds. The summed E-state index contributed by atoms with van der Waals surface area (Å²) in [5.41, 5.74) is 6.20. The number of benzene rings is 2. The highest BCUT2D eigenvalue weighted by atomic mass is 35.5. The summed E-state index contributed by atoms with van der Waals surface area (Å²) < 4.78 is 40.6. The van der Waals surface area contributed by atoms with Crippen LogP contribution < -0.4 is 10.5 Å². The van der Waals surface area contributed by atoms with Gasteiger partial charge in [0.15, 0.2) is 0 Å². The maximum atomic E-state index is 13.9. The Labute approximate surface area is 121 Å². The zero-order chi connectivity index (χ0) is 14.9. The van der Waals surface area contributed by atoms with E-state index in [1.54, 1.807) is 0 Å². The van der Waals surface area contributed by atoms with E-state index >= 15 is 0 Å². The number of nitrogens with two attached hydrogens (primary N) is 1. The van der Waals surface area contributed by atoms with Crippen LogP contribution in [0.15, 0.2) is 41.3 Å². The van der Waals surface area contributed by atoms with Gasteiger partial charge in [-0.15, -0.1) is 0 Å². The van der Waals surface area contributed by atoms with Gasteiger partial charge in [-0.3, -0.25) is 4.72 Å². The lowest BCUT2D eigenvalue weighted by molar-refractivity contribution is 0.565. The van der Waals surface area contributed by atoms with E-state index in [2.05, 4.69) is 4.72 Å². The van der Waals surface area contributed by atoms with Crippen molar-refractivity contribution in [3.05, 3.63) is 52.8 Å². The van der Waals surface area contributed by atoms with Gasteiger partial charge in [0.05, 0.1) is 0 Å². The Morgan fingerprint density at radius 1 is 1.20 bits per heavy atom. The number of rotatable bonds is 3. The summed E-state index contributed by atoms with van der Waals surface area (Å²) in [4.78, 5) is -0.482. The maximum Gasteiger partial charge on any atom is 0.264 e. The second-order valence-electron chi connectivity index (χ2n) is 4.26. The van der Waals surface area contributed by atoms with E-state index in [-0.39, 0.29) is 16.9 Å². The van der Waals surface area contributed by atoms with E-state index in [1.807, 2.05) is 0 Å². The standard InChI is InChI=1S/C13H12ClFN2O2S/c1-8-6-10(16)7-12(13(8)15)20(18,19)17-11-4-2-9(14)3-5-11/h2-7,17H,16H2,1H3. The van der Waals surface area contributed by atoms with Crippen molar-refractivity contribution < 1.29 is 12.8 Å². The first kappa shape index (κ1) is 14.6. The number of nitrogens with one attached hydrogen (secondary N) is 1. The summed E-state index contributed by atoms with van der Waals surface area (Å²) in [7, 11) is -4.05. The maximum absolute atomic E-state index is 13.9. The third-order valence-corrected chi connectivity index (χ3v) is 4.26. The van der Waals surface area contributed by atoms with Crippen LogP contribution in [0.3, 0.4) is 0 Å². The molecule has 0 atom stereocenters. The second kappa shape index (κ2) is 5.30. The smallest absolute Gasteiger partial charge is 0.264 e. The molecular weight excluding hydrogens is 303 g/mol. The van der Waals surface area contributed by atoms with Crippen LogP contribution in [0.2, 0.25) is 5.02 Å². The van der Waals surface area contributed by atoms with Crippen LogP contribution in [0, 0.1) is 12.7 Å². The summed E-state index contributed by atoms with van der Waals surface area (Å²) >= 11 is 5.71. The van der Waals surface area contributed by atoms with Gasteiger partial charge < -0.3 is 5.73 Å². The molecule has 0 aliphatic carbocycles. The number of hydrogen-bond acceptors (Lipinski definition) is 3. The SMILES string of the molecule is Cc1cc(N)cc(S(=O)(=O)Nc2ccc(Cl)cc2)c1F. The van der Waals surface area contributed by atoms with Crippen molar-refractivity contribution in [2.75, 3.05) is 10.5 Å². The van der Waals surface area contributed by atoms with E-state index in [4.69, 9.17) is 17.3 Å². The monoisotopic (exact) mass is 314 g/mol. The van der Waals surface area contributed by atoms with E-state index in [0.29, 0.717) is 5.02 Å². The van der Waals surface area contributed by atoms with Gasteiger partial charge in [-0.25, -0.2) is 12.8 Å². The molecule has 0 radical (unpaired) electrons. The molecular formula is C13H12ClFN2O2S. The molecule has 0 aliphatic rings. The topological polar surface area (TPSA) is 72.2 Å². The molecule has 3 N–H and O–H groups in total. The Hall–Kier alpha value is -1.79. The van der Waals surface area contributed by atoms with Crippen molar-refractivity contribution in [1.29, 1.82) is 0 Å². The van der Waals surface area contributed by atoms with Crippen LogP contribution in [0.1, 0.15) is 5.56 Å². The van der Waals surface area contributed by atoms with Gasteiger partial charge in [0, 0.05) is 16.4 Å². The minimum Gasteiger partial charge on any atom is -0.399 e. The molecule has 20 heavy (non-hydrogen) atoms. The van der Waals surface area contributed by atoms with Crippen molar-refractivity contribution in [3.63, 3.8) is 0 Å². The lowest BCUT2D eigenvalue weighted by Gasteiger charge is -2.11. The zero-order valence-electron chi connectivity index (χ0n) is 10.5. The van der Waals surface area contributed by atoms with Gasteiger partial charge in [0.25, 0.3) is 10.0 Å². The summed E-state index contributed by atoms with van der Waals surface area (Å²) in [6.07, 6.45) is 0. The van der Waals surface area contributed by atoms with Gasteiger partial charge in [-0.05, 0) is 48.9 Å². The Balaban J connectivity index is 2.43. The molecule has 0 bridgehead atoms. The molecule has 0 aromatic heterocycles. The highest BCUT2D eigenvalue weighted by Crippen LogP contribution is 2.24. The molecule has 0 aliphatic heterocycles. The van der Waals surface area contributed by atoms with Crippen molar-refractivity contribution in [2.45, 2.75) is 11.8 Å². The largest absolute Gasteiger partial charge is 0.399 e. The van der Waals surface area contributed by atoms with E-state index in [0.717, 1.165) is 6.07 Å². The summed E-state index contributed by atoms with van der Waals surface area (Å²) in [5, 5.41) is 0.471. The predicted octanol–water partition coefficient (Wildman–Crippen LogP) is 3.17. The first-order chi connectivity index (χ1) is 9.29. The van der Waals surface area contributed by atoms with Gasteiger partial charge >= 0.3 is 0 Å². The third-order valence-electron chi connectivity index (χ3n) is 2.63. The van der Waals surface area contributed by atoms with E-state index < -0.39 is 20.7 Å². The van der Waals surface area contributed by atoms with Crippen molar-refractivity contribution in [3.8, 4) is 0 Å². The fourth-order valence-electron chi connectivity index (χ4n) is 1.69. The minimum atomic E-state index is -4.05. The zero-order valence-corrected chi connectivity index (χ0v) is 12.1. The molecule has 0 heterocycles. The Kier molecular flexibility index (Phi) is 3.87. The predicted molar refractivity (Wildman–Crippen MR) is 77.8 cm³/mol. The molecule has 2 aromatic carbocycles. The Bertz CT molecular complexity index is 746. The number of hydrogen-bond donors (Lipinski definition) is 2. The average Bonchev–Trinajstić information content (AvgIpc) is 2.36. The quantitative estimate of drug-likeness (QED) is 0.855. The first-order valence-corrected chi connectivity index (χ1v) is 7.50. The van der Waals surface area contributed by atoms with Gasteiger partial charge in [-0.2, -0.15) is 0 Å². The van der Waals surface area contributed by atoms with Crippen LogP contribution in [0.5, 0.6) is 0 Å². The molecule has 0 saturated heterocycles. The molecule has 0 unspecified atom stereocenters. The number of aryl methyl sites for hydroxylation is 1. The number of halogens is 2. The van der Waals surface area contributed by atoms with Crippen LogP contribution in [-0.2, 0) is 10.0 Å². The van der Waals surface area contributed by atoms with Crippen molar-refractivity contribution in [1.82, 2.24) is 0 Å². The fraction of sp³-hybridized carbons (Fsp3) is 0.0769.